The van der Waals surface area contributed by atoms with Crippen LogP contribution in [0.25, 0.3) is 0 Å². The zero-order valence-electron chi connectivity index (χ0n) is 25.0. The Kier molecular flexibility index (Phi) is 15.4. The van der Waals surface area contributed by atoms with Gasteiger partial charge in [-0.2, -0.15) is 0 Å². The summed E-state index contributed by atoms with van der Waals surface area (Å²) in [5, 5.41) is 12.4. The smallest absolute Gasteiger partial charge is 0.266 e. The van der Waals surface area contributed by atoms with Crippen LogP contribution < -0.4 is 24.2 Å². The molecule has 0 radical (unpaired) electrons. The highest BCUT2D eigenvalue weighted by atomic mass is 35.5. The van der Waals surface area contributed by atoms with E-state index in [1.165, 1.54) is 90.9 Å². The number of sulfonamides is 1. The van der Waals surface area contributed by atoms with Gasteiger partial charge in [-0.05, 0) is 24.6 Å². The first kappa shape index (κ1) is 35.6. The summed E-state index contributed by atoms with van der Waals surface area (Å²) in [4.78, 5) is 12.9. The van der Waals surface area contributed by atoms with Gasteiger partial charge in [0.2, 0.25) is 5.75 Å². The van der Waals surface area contributed by atoms with Crippen LogP contribution in [0.5, 0.6) is 23.0 Å². The molecule has 236 valence electrons. The third-order valence-corrected chi connectivity index (χ3v) is 8.91. The van der Waals surface area contributed by atoms with Crippen LogP contribution in [0.2, 0.25) is 10.0 Å². The molecule has 12 heteroatoms. The fourth-order valence-corrected chi connectivity index (χ4v) is 6.54. The van der Waals surface area contributed by atoms with Crippen LogP contribution in [0.1, 0.15) is 94.3 Å². The number of nitrogens with one attached hydrogen (secondary N) is 2. The third-order valence-electron chi connectivity index (χ3n) is 6.88. The van der Waals surface area contributed by atoms with E-state index in [0.717, 1.165) is 25.7 Å². The number of hydrogen-bond donors (Lipinski definition) is 3. The molecule has 0 fully saturated rings. The topological polar surface area (TPSA) is 123 Å². The van der Waals surface area contributed by atoms with Gasteiger partial charge in [0.1, 0.15) is 4.90 Å². The fraction of sp³-hybridized carbons (Fsp3) is 0.567. The Morgan fingerprint density at radius 1 is 0.786 bits per heavy atom. The Labute approximate surface area is 260 Å². The average molecular weight is 648 g/mol. The summed E-state index contributed by atoms with van der Waals surface area (Å²) in [5.74, 6) is -1.09. The number of phenolic OH excluding ortho intramolecular Hbond substituents is 1. The summed E-state index contributed by atoms with van der Waals surface area (Å²) in [6.45, 7) is 2.61. The number of carbonyl (C=O) groups excluding carboxylic acids is 1. The lowest BCUT2D eigenvalue weighted by molar-refractivity contribution is 0.0948. The Hall–Kier alpha value is -2.56. The SMILES string of the molecule is CCCCCCCCCCCCCCNC(=O)c1cc(OC)c(OC)c(OC)c1S(=O)(=O)Nc1cc(Cl)c(O)c(Cl)c1. The zero-order chi connectivity index (χ0) is 31.1. The van der Waals surface area contributed by atoms with E-state index in [2.05, 4.69) is 17.0 Å². The number of anilines is 1. The van der Waals surface area contributed by atoms with Crippen molar-refractivity contribution < 1.29 is 32.5 Å². The van der Waals surface area contributed by atoms with Crippen molar-refractivity contribution in [3.63, 3.8) is 0 Å². The average Bonchev–Trinajstić information content (AvgIpc) is 2.96. The number of methoxy groups -OCH3 is 3. The second-order valence-electron chi connectivity index (χ2n) is 10.1. The molecule has 0 unspecified atom stereocenters. The van der Waals surface area contributed by atoms with Crippen molar-refractivity contribution in [2.24, 2.45) is 0 Å². The zero-order valence-corrected chi connectivity index (χ0v) is 27.3. The predicted octanol–water partition coefficient (Wildman–Crippen LogP) is 7.96. The van der Waals surface area contributed by atoms with Gasteiger partial charge in [0.15, 0.2) is 17.2 Å². The summed E-state index contributed by atoms with van der Waals surface area (Å²) < 4.78 is 45.8. The lowest BCUT2D eigenvalue weighted by atomic mass is 10.1. The minimum absolute atomic E-state index is 0.000319. The van der Waals surface area contributed by atoms with Crippen LogP contribution in [-0.2, 0) is 10.0 Å². The number of carbonyl (C=O) groups is 1. The number of rotatable bonds is 20. The minimum Gasteiger partial charge on any atom is -0.505 e. The van der Waals surface area contributed by atoms with Crippen LogP contribution in [0.3, 0.4) is 0 Å². The van der Waals surface area contributed by atoms with Gasteiger partial charge in [-0.3, -0.25) is 9.52 Å². The van der Waals surface area contributed by atoms with Gasteiger partial charge >= 0.3 is 0 Å². The largest absolute Gasteiger partial charge is 0.505 e. The second kappa shape index (κ2) is 18.2. The van der Waals surface area contributed by atoms with E-state index in [1.807, 2.05) is 0 Å². The quantitative estimate of drug-likeness (QED) is 0.0984. The Balaban J connectivity index is 2.10. The molecule has 0 saturated heterocycles. The molecule has 2 aromatic carbocycles. The van der Waals surface area contributed by atoms with Crippen molar-refractivity contribution in [3.8, 4) is 23.0 Å². The van der Waals surface area contributed by atoms with E-state index in [-0.39, 0.29) is 44.3 Å². The first-order valence-electron chi connectivity index (χ1n) is 14.4. The van der Waals surface area contributed by atoms with Gasteiger partial charge in [0.05, 0.1) is 42.6 Å². The second-order valence-corrected chi connectivity index (χ2v) is 12.5. The van der Waals surface area contributed by atoms with Gasteiger partial charge in [0, 0.05) is 6.54 Å². The highest BCUT2D eigenvalue weighted by Crippen LogP contribution is 2.45. The van der Waals surface area contributed by atoms with Crippen molar-refractivity contribution in [3.05, 3.63) is 33.8 Å². The summed E-state index contributed by atoms with van der Waals surface area (Å²) in [5.41, 5.74) is -0.214. The monoisotopic (exact) mass is 646 g/mol. The van der Waals surface area contributed by atoms with Gasteiger partial charge in [-0.1, -0.05) is 101 Å². The van der Waals surface area contributed by atoms with Gasteiger partial charge < -0.3 is 24.6 Å². The molecular weight excluding hydrogens is 603 g/mol. The molecule has 0 aliphatic carbocycles. The predicted molar refractivity (Wildman–Crippen MR) is 168 cm³/mol. The summed E-state index contributed by atoms with van der Waals surface area (Å²) >= 11 is 11.9. The standard InChI is InChI=1S/C30H44Cl2N2O7S/c1-5-6-7-8-9-10-11-12-13-14-15-16-17-33-30(36)22-20-25(39-2)27(40-3)28(41-4)29(22)42(37,38)34-21-18-23(31)26(35)24(32)19-21/h18-20,34-35H,5-17H2,1-4H3,(H,33,36). The van der Waals surface area contributed by atoms with E-state index in [9.17, 15) is 18.3 Å². The molecule has 1 amide bonds. The van der Waals surface area contributed by atoms with Gasteiger partial charge in [0.25, 0.3) is 15.9 Å². The lowest BCUT2D eigenvalue weighted by Crippen LogP contribution is -2.28. The van der Waals surface area contributed by atoms with E-state index in [1.54, 1.807) is 0 Å². The molecule has 0 bridgehead atoms. The Morgan fingerprint density at radius 3 is 1.76 bits per heavy atom. The summed E-state index contributed by atoms with van der Waals surface area (Å²) in [6.07, 6.45) is 14.3. The van der Waals surface area contributed by atoms with Crippen molar-refractivity contribution >= 4 is 44.8 Å². The molecule has 42 heavy (non-hydrogen) atoms. The van der Waals surface area contributed by atoms with E-state index in [4.69, 9.17) is 37.4 Å². The lowest BCUT2D eigenvalue weighted by Gasteiger charge is -2.20. The molecule has 2 aromatic rings. The fourth-order valence-electron chi connectivity index (χ4n) is 4.66. The maximum Gasteiger partial charge on any atom is 0.266 e. The highest BCUT2D eigenvalue weighted by Gasteiger charge is 2.33. The number of ether oxygens (including phenoxy) is 3. The van der Waals surface area contributed by atoms with Crippen LogP contribution in [0.15, 0.2) is 23.1 Å². The molecule has 0 aromatic heterocycles. The summed E-state index contributed by atoms with van der Waals surface area (Å²) in [6, 6.07) is 3.69. The normalized spacial score (nSPS) is 11.3. The first-order chi connectivity index (χ1) is 20.1. The Bertz CT molecular complexity index is 1250. The number of phenols is 1. The first-order valence-corrected chi connectivity index (χ1v) is 16.7. The molecular formula is C30H44Cl2N2O7S. The molecule has 3 N–H and O–H groups in total. The van der Waals surface area contributed by atoms with E-state index in [0.29, 0.717) is 6.54 Å². The van der Waals surface area contributed by atoms with Crippen LogP contribution in [0, 0.1) is 0 Å². The maximum absolute atomic E-state index is 13.7. The highest BCUT2D eigenvalue weighted by molar-refractivity contribution is 7.93. The number of unbranched alkanes of at least 4 members (excludes halogenated alkanes) is 11. The number of benzene rings is 2. The van der Waals surface area contributed by atoms with Crippen molar-refractivity contribution in [2.45, 2.75) is 88.9 Å². The van der Waals surface area contributed by atoms with Crippen molar-refractivity contribution in [2.75, 3.05) is 32.6 Å². The number of amides is 1. The summed E-state index contributed by atoms with van der Waals surface area (Å²) in [7, 11) is -0.497. The Morgan fingerprint density at radius 2 is 1.29 bits per heavy atom. The van der Waals surface area contributed by atoms with Crippen LogP contribution in [0.4, 0.5) is 5.69 Å². The molecule has 0 aliphatic rings. The number of aromatic hydroxyl groups is 1. The third kappa shape index (κ3) is 10.3. The van der Waals surface area contributed by atoms with E-state index >= 15 is 0 Å². The minimum atomic E-state index is -4.46. The molecule has 0 spiro atoms. The van der Waals surface area contributed by atoms with Gasteiger partial charge in [-0.15, -0.1) is 0 Å². The number of hydrogen-bond acceptors (Lipinski definition) is 7. The molecule has 2 rings (SSSR count). The maximum atomic E-state index is 13.7. The van der Waals surface area contributed by atoms with Crippen LogP contribution in [-0.4, -0.2) is 47.3 Å². The molecule has 9 nitrogen and oxygen atoms in total. The van der Waals surface area contributed by atoms with Gasteiger partial charge in [-0.25, -0.2) is 8.42 Å². The van der Waals surface area contributed by atoms with Crippen molar-refractivity contribution in [1.29, 1.82) is 0 Å². The molecule has 0 heterocycles. The molecule has 0 saturated carbocycles. The number of halogens is 2. The molecule has 0 atom stereocenters. The van der Waals surface area contributed by atoms with Crippen LogP contribution >= 0.6 is 23.2 Å². The molecule has 0 aliphatic heterocycles. The van der Waals surface area contributed by atoms with Crippen molar-refractivity contribution in [1.82, 2.24) is 5.32 Å². The van der Waals surface area contributed by atoms with E-state index < -0.39 is 20.8 Å².